The molecule has 3 N–H and O–H groups in total. The Bertz CT molecular complexity index is 595. The first-order valence-electron chi connectivity index (χ1n) is 6.46. The summed E-state index contributed by atoms with van der Waals surface area (Å²) in [4.78, 5) is 11.9. The van der Waals surface area contributed by atoms with Gasteiger partial charge in [0.05, 0.1) is 6.04 Å². The van der Waals surface area contributed by atoms with E-state index in [0.29, 0.717) is 6.42 Å². The number of nitrogens with two attached hydrogens (primary N) is 1. The molecule has 0 saturated carbocycles. The van der Waals surface area contributed by atoms with Crippen LogP contribution >= 0.6 is 0 Å². The number of nitrogens with one attached hydrogen (secondary N) is 1. The molecule has 0 radical (unpaired) electrons. The van der Waals surface area contributed by atoms with E-state index in [2.05, 4.69) is 23.5 Å². The van der Waals surface area contributed by atoms with Crippen molar-refractivity contribution in [1.82, 2.24) is 0 Å². The van der Waals surface area contributed by atoms with E-state index in [9.17, 15) is 4.79 Å². The Morgan fingerprint density at radius 3 is 2.47 bits per heavy atom. The van der Waals surface area contributed by atoms with Crippen LogP contribution in [0, 0.1) is 0 Å². The maximum absolute atomic E-state index is 11.9. The van der Waals surface area contributed by atoms with E-state index >= 15 is 0 Å². The van der Waals surface area contributed by atoms with Crippen LogP contribution in [0.3, 0.4) is 0 Å². The molecular weight excluding hydrogens is 236 g/mol. The van der Waals surface area contributed by atoms with Gasteiger partial charge in [-0.2, -0.15) is 0 Å². The number of carbonyl (C=O) groups excluding carboxylic acids is 1. The first kappa shape index (κ1) is 11.9. The molecule has 0 fully saturated rings. The number of hydrogen-bond acceptors (Lipinski definition) is 2. The number of para-hydroxylation sites is 1. The molecule has 3 nitrogen and oxygen atoms in total. The second kappa shape index (κ2) is 4.86. The van der Waals surface area contributed by atoms with Gasteiger partial charge in [0.2, 0.25) is 5.91 Å². The fourth-order valence-electron chi connectivity index (χ4n) is 2.63. The van der Waals surface area contributed by atoms with Crippen LogP contribution in [0.15, 0.2) is 54.6 Å². The number of rotatable bonds is 1. The van der Waals surface area contributed by atoms with Gasteiger partial charge in [0.15, 0.2) is 0 Å². The number of amides is 1. The van der Waals surface area contributed by atoms with E-state index in [1.54, 1.807) is 0 Å². The summed E-state index contributed by atoms with van der Waals surface area (Å²) in [5, 5.41) is 2.91. The molecule has 2 atom stereocenters. The predicted octanol–water partition coefficient (Wildman–Crippen LogP) is 2.49. The number of hydrogen-bond donors (Lipinski definition) is 2. The molecule has 2 aromatic rings. The molecule has 3 heteroatoms. The van der Waals surface area contributed by atoms with Gasteiger partial charge in [0.25, 0.3) is 0 Å². The summed E-state index contributed by atoms with van der Waals surface area (Å²) in [6.45, 7) is 0. The van der Waals surface area contributed by atoms with E-state index in [4.69, 9.17) is 5.73 Å². The Morgan fingerprint density at radius 1 is 1.00 bits per heavy atom. The van der Waals surface area contributed by atoms with Crippen molar-refractivity contribution < 1.29 is 4.79 Å². The minimum Gasteiger partial charge on any atom is -0.324 e. The first-order valence-corrected chi connectivity index (χ1v) is 6.46. The van der Waals surface area contributed by atoms with Crippen LogP contribution in [0.4, 0.5) is 5.69 Å². The van der Waals surface area contributed by atoms with Crippen LogP contribution in [-0.4, -0.2) is 11.9 Å². The van der Waals surface area contributed by atoms with Gasteiger partial charge in [-0.1, -0.05) is 48.5 Å². The van der Waals surface area contributed by atoms with Crippen LogP contribution in [0.2, 0.25) is 0 Å². The molecule has 0 saturated heterocycles. The molecule has 0 bridgehead atoms. The van der Waals surface area contributed by atoms with Gasteiger partial charge < -0.3 is 11.1 Å². The lowest BCUT2D eigenvalue weighted by Crippen LogP contribution is -2.35. The molecule has 2 aromatic carbocycles. The molecule has 0 spiro atoms. The summed E-state index contributed by atoms with van der Waals surface area (Å²) < 4.78 is 0. The third-order valence-corrected chi connectivity index (χ3v) is 3.62. The number of fused-ring (bicyclic) bond motifs is 1. The number of anilines is 1. The minimum absolute atomic E-state index is 0.106. The maximum Gasteiger partial charge on any atom is 0.241 e. The Morgan fingerprint density at radius 2 is 1.68 bits per heavy atom. The molecule has 1 amide bonds. The zero-order valence-electron chi connectivity index (χ0n) is 10.5. The van der Waals surface area contributed by atoms with Gasteiger partial charge in [0, 0.05) is 11.6 Å². The normalized spacial score (nSPS) is 22.3. The largest absolute Gasteiger partial charge is 0.324 e. The fraction of sp³-hybridized carbons (Fsp3) is 0.188. The van der Waals surface area contributed by atoms with Crippen molar-refractivity contribution in [2.75, 3.05) is 5.32 Å². The summed E-state index contributed by atoms with van der Waals surface area (Å²) in [6.07, 6.45) is 0.632. The molecule has 1 aliphatic heterocycles. The van der Waals surface area contributed by atoms with Crippen LogP contribution in [0.1, 0.15) is 23.5 Å². The summed E-state index contributed by atoms with van der Waals surface area (Å²) in [7, 11) is 0. The maximum atomic E-state index is 11.9. The van der Waals surface area contributed by atoms with Gasteiger partial charge in [-0.05, 0) is 23.6 Å². The van der Waals surface area contributed by atoms with Crippen molar-refractivity contribution in [3.05, 3.63) is 65.7 Å². The zero-order chi connectivity index (χ0) is 13.2. The SMILES string of the molecule is NC1CC(c2ccccc2)c2ccccc2NC1=O. The lowest BCUT2D eigenvalue weighted by atomic mass is 9.86. The molecule has 2 unspecified atom stereocenters. The predicted molar refractivity (Wildman–Crippen MR) is 75.9 cm³/mol. The molecule has 1 heterocycles. The Balaban J connectivity index is 2.10. The van der Waals surface area contributed by atoms with Crippen molar-refractivity contribution in [3.8, 4) is 0 Å². The molecule has 0 aromatic heterocycles. The van der Waals surface area contributed by atoms with Crippen molar-refractivity contribution in [3.63, 3.8) is 0 Å². The highest BCUT2D eigenvalue weighted by molar-refractivity contribution is 5.96. The molecule has 19 heavy (non-hydrogen) atoms. The van der Waals surface area contributed by atoms with E-state index in [0.717, 1.165) is 11.3 Å². The monoisotopic (exact) mass is 252 g/mol. The van der Waals surface area contributed by atoms with Gasteiger partial charge >= 0.3 is 0 Å². The smallest absolute Gasteiger partial charge is 0.241 e. The highest BCUT2D eigenvalue weighted by atomic mass is 16.2. The topological polar surface area (TPSA) is 55.1 Å². The Kier molecular flexibility index (Phi) is 3.05. The van der Waals surface area contributed by atoms with E-state index < -0.39 is 6.04 Å². The highest BCUT2D eigenvalue weighted by Crippen LogP contribution is 2.35. The van der Waals surface area contributed by atoms with Gasteiger partial charge in [-0.3, -0.25) is 4.79 Å². The Hall–Kier alpha value is -2.13. The second-order valence-electron chi connectivity index (χ2n) is 4.88. The number of carbonyl (C=O) groups is 1. The molecule has 1 aliphatic rings. The van der Waals surface area contributed by atoms with Crippen LogP contribution in [0.5, 0.6) is 0 Å². The van der Waals surface area contributed by atoms with Crippen LogP contribution < -0.4 is 11.1 Å². The van der Waals surface area contributed by atoms with Crippen LogP contribution in [0.25, 0.3) is 0 Å². The van der Waals surface area contributed by atoms with E-state index in [1.807, 2.05) is 36.4 Å². The molecular formula is C16H16N2O. The van der Waals surface area contributed by atoms with Crippen LogP contribution in [-0.2, 0) is 4.79 Å². The van der Waals surface area contributed by atoms with Crippen molar-refractivity contribution in [1.29, 1.82) is 0 Å². The van der Waals surface area contributed by atoms with Gasteiger partial charge in [-0.25, -0.2) is 0 Å². The molecule has 0 aliphatic carbocycles. The first-order chi connectivity index (χ1) is 9.25. The van der Waals surface area contributed by atoms with Crippen molar-refractivity contribution >= 4 is 11.6 Å². The average molecular weight is 252 g/mol. The number of benzene rings is 2. The quantitative estimate of drug-likeness (QED) is 0.819. The van der Waals surface area contributed by atoms with E-state index in [-0.39, 0.29) is 11.8 Å². The lowest BCUT2D eigenvalue weighted by molar-refractivity contribution is -0.117. The highest BCUT2D eigenvalue weighted by Gasteiger charge is 2.28. The average Bonchev–Trinajstić information content (AvgIpc) is 2.58. The van der Waals surface area contributed by atoms with Crippen molar-refractivity contribution in [2.24, 2.45) is 5.73 Å². The summed E-state index contributed by atoms with van der Waals surface area (Å²) in [6, 6.07) is 17.6. The lowest BCUT2D eigenvalue weighted by Gasteiger charge is -2.18. The molecule has 96 valence electrons. The third kappa shape index (κ3) is 2.25. The van der Waals surface area contributed by atoms with E-state index in [1.165, 1.54) is 5.56 Å². The third-order valence-electron chi connectivity index (χ3n) is 3.62. The summed E-state index contributed by atoms with van der Waals surface area (Å²) in [5.74, 6) is 0.0530. The minimum atomic E-state index is -0.474. The van der Waals surface area contributed by atoms with Crippen molar-refractivity contribution in [2.45, 2.75) is 18.4 Å². The zero-order valence-corrected chi connectivity index (χ0v) is 10.5. The fourth-order valence-corrected chi connectivity index (χ4v) is 2.63. The molecule has 3 rings (SSSR count). The Labute approximate surface area is 112 Å². The van der Waals surface area contributed by atoms with Gasteiger partial charge in [0.1, 0.15) is 0 Å². The second-order valence-corrected chi connectivity index (χ2v) is 4.88. The standard InChI is InChI=1S/C16H16N2O/c17-14-10-13(11-6-2-1-3-7-11)12-8-4-5-9-15(12)18-16(14)19/h1-9,13-14H,10,17H2,(H,18,19). The van der Waals surface area contributed by atoms with Gasteiger partial charge in [-0.15, -0.1) is 0 Å². The summed E-state index contributed by atoms with van der Waals surface area (Å²) in [5.41, 5.74) is 9.17. The summed E-state index contributed by atoms with van der Waals surface area (Å²) >= 11 is 0.